The Balaban J connectivity index is 1.33. The van der Waals surface area contributed by atoms with Crippen molar-refractivity contribution < 1.29 is 19.4 Å². The van der Waals surface area contributed by atoms with E-state index in [1.807, 2.05) is 18.2 Å². The number of phenols is 1. The van der Waals surface area contributed by atoms with Gasteiger partial charge in [-0.05, 0) is 48.0 Å². The smallest absolute Gasteiger partial charge is 0.274 e. The molecule has 9 nitrogen and oxygen atoms in total. The maximum atomic E-state index is 13.8. The van der Waals surface area contributed by atoms with Gasteiger partial charge in [0.15, 0.2) is 0 Å². The van der Waals surface area contributed by atoms with E-state index in [4.69, 9.17) is 22.1 Å². The molecule has 2 amide bonds. The summed E-state index contributed by atoms with van der Waals surface area (Å²) < 4.78 is 5.59. The molecule has 1 aliphatic rings. The number of hydrogen-bond donors (Lipinski definition) is 4. The SMILES string of the molecule is COc1cccc2c(O)cc3c(c12)C(CCl)CN3C(=O)c1cc2cc(NC(=O)c3ccc(N)cc3)ncc2[nH]1. The van der Waals surface area contributed by atoms with Crippen molar-refractivity contribution in [1.82, 2.24) is 9.97 Å². The van der Waals surface area contributed by atoms with Crippen molar-refractivity contribution in [3.8, 4) is 11.5 Å². The highest BCUT2D eigenvalue weighted by molar-refractivity contribution is 6.19. The highest BCUT2D eigenvalue weighted by atomic mass is 35.5. The molecule has 196 valence electrons. The minimum atomic E-state index is -0.322. The third-order valence-electron chi connectivity index (χ3n) is 7.02. The number of hydrogen-bond acceptors (Lipinski definition) is 6. The number of alkyl halides is 1. The number of nitrogens with two attached hydrogens (primary N) is 1. The number of anilines is 3. The summed E-state index contributed by atoms with van der Waals surface area (Å²) in [6, 6.07) is 17.0. The number of benzene rings is 3. The summed E-state index contributed by atoms with van der Waals surface area (Å²) >= 11 is 6.36. The van der Waals surface area contributed by atoms with Crippen LogP contribution in [0.15, 0.2) is 66.9 Å². The van der Waals surface area contributed by atoms with Gasteiger partial charge in [-0.3, -0.25) is 9.59 Å². The van der Waals surface area contributed by atoms with E-state index in [-0.39, 0.29) is 23.5 Å². The number of rotatable bonds is 5. The number of aromatic hydroxyl groups is 1. The number of phenolic OH excluding ortho intramolecular Hbond substituents is 1. The number of nitrogen functional groups attached to an aromatic ring is 1. The van der Waals surface area contributed by atoms with Gasteiger partial charge in [0, 0.05) is 51.8 Å². The van der Waals surface area contributed by atoms with E-state index in [0.29, 0.717) is 62.9 Å². The molecule has 5 aromatic rings. The molecule has 0 saturated heterocycles. The maximum Gasteiger partial charge on any atom is 0.274 e. The number of carbonyl (C=O) groups is 2. The fraction of sp³-hybridized carbons (Fsp3) is 0.138. The van der Waals surface area contributed by atoms with Crippen LogP contribution < -0.4 is 20.7 Å². The van der Waals surface area contributed by atoms with Crippen LogP contribution in [0, 0.1) is 0 Å². The predicted octanol–water partition coefficient (Wildman–Crippen LogP) is 5.25. The summed E-state index contributed by atoms with van der Waals surface area (Å²) in [5.41, 5.74) is 9.15. The zero-order chi connectivity index (χ0) is 27.3. The second-order valence-electron chi connectivity index (χ2n) is 9.39. The number of aromatic amines is 1. The zero-order valence-electron chi connectivity index (χ0n) is 20.9. The Kier molecular flexibility index (Phi) is 6.00. The molecule has 10 heteroatoms. The summed E-state index contributed by atoms with van der Waals surface area (Å²) in [5.74, 6) is 0.554. The highest BCUT2D eigenvalue weighted by Crippen LogP contribution is 2.48. The fourth-order valence-electron chi connectivity index (χ4n) is 5.15. The van der Waals surface area contributed by atoms with Gasteiger partial charge in [-0.2, -0.15) is 0 Å². The van der Waals surface area contributed by atoms with E-state index in [0.717, 1.165) is 10.9 Å². The standard InChI is InChI=1S/C29H24ClN5O4/c1-39-24-4-2-3-19-23(36)11-22-26(27(19)24)17(12-30)14-35(22)29(38)20-9-16-10-25(32-13-21(16)33-20)34-28(37)15-5-7-18(31)8-6-15/h2-11,13,17,33,36H,12,14,31H2,1H3,(H,32,34,37). The molecule has 0 bridgehead atoms. The molecular weight excluding hydrogens is 518 g/mol. The van der Waals surface area contributed by atoms with Crippen molar-refractivity contribution in [2.45, 2.75) is 5.92 Å². The average molecular weight is 542 g/mol. The average Bonchev–Trinajstić information content (AvgIpc) is 3.54. The van der Waals surface area contributed by atoms with Gasteiger partial charge in [-0.25, -0.2) is 4.98 Å². The van der Waals surface area contributed by atoms with Crippen LogP contribution in [-0.2, 0) is 0 Å². The maximum absolute atomic E-state index is 13.8. The van der Waals surface area contributed by atoms with Gasteiger partial charge >= 0.3 is 0 Å². The van der Waals surface area contributed by atoms with Crippen LogP contribution in [0.1, 0.15) is 32.3 Å². The number of nitrogens with one attached hydrogen (secondary N) is 2. The number of methoxy groups -OCH3 is 1. The quantitative estimate of drug-likeness (QED) is 0.177. The molecule has 0 spiro atoms. The molecule has 0 saturated carbocycles. The van der Waals surface area contributed by atoms with Crippen LogP contribution >= 0.6 is 11.6 Å². The molecule has 39 heavy (non-hydrogen) atoms. The first kappa shape index (κ1) is 24.6. The molecule has 0 aliphatic carbocycles. The van der Waals surface area contributed by atoms with Crippen molar-refractivity contribution in [2.24, 2.45) is 0 Å². The van der Waals surface area contributed by atoms with E-state index < -0.39 is 0 Å². The molecule has 3 aromatic carbocycles. The first-order chi connectivity index (χ1) is 18.9. The topological polar surface area (TPSA) is 134 Å². The lowest BCUT2D eigenvalue weighted by Crippen LogP contribution is -2.30. The first-order valence-electron chi connectivity index (χ1n) is 12.2. The van der Waals surface area contributed by atoms with E-state index in [9.17, 15) is 14.7 Å². The third kappa shape index (κ3) is 4.17. The second-order valence-corrected chi connectivity index (χ2v) is 9.70. The third-order valence-corrected chi connectivity index (χ3v) is 7.40. The van der Waals surface area contributed by atoms with Gasteiger partial charge in [0.1, 0.15) is 23.0 Å². The van der Waals surface area contributed by atoms with Crippen LogP contribution in [0.4, 0.5) is 17.2 Å². The largest absolute Gasteiger partial charge is 0.507 e. The van der Waals surface area contributed by atoms with Gasteiger partial charge in [-0.1, -0.05) is 12.1 Å². The Morgan fingerprint density at radius 2 is 2.00 bits per heavy atom. The normalized spacial score (nSPS) is 14.5. The first-order valence-corrected chi connectivity index (χ1v) is 12.8. The lowest BCUT2D eigenvalue weighted by molar-refractivity contribution is 0.0983. The van der Waals surface area contributed by atoms with Crippen molar-refractivity contribution in [3.63, 3.8) is 0 Å². The minimum absolute atomic E-state index is 0.0537. The van der Waals surface area contributed by atoms with Gasteiger partial charge < -0.3 is 30.8 Å². The van der Waals surface area contributed by atoms with E-state index >= 15 is 0 Å². The Hall–Kier alpha value is -4.76. The molecule has 0 radical (unpaired) electrons. The molecule has 1 unspecified atom stereocenters. The van der Waals surface area contributed by atoms with Crippen molar-refractivity contribution >= 4 is 62.3 Å². The lowest BCUT2D eigenvalue weighted by Gasteiger charge is -2.18. The Morgan fingerprint density at radius 3 is 2.74 bits per heavy atom. The Morgan fingerprint density at radius 1 is 1.21 bits per heavy atom. The highest BCUT2D eigenvalue weighted by Gasteiger charge is 2.36. The number of aromatic nitrogens is 2. The number of H-pyrrole nitrogens is 1. The van der Waals surface area contributed by atoms with E-state index in [2.05, 4.69) is 15.3 Å². The Bertz CT molecular complexity index is 1770. The van der Waals surface area contributed by atoms with E-state index in [1.54, 1.807) is 60.7 Å². The molecular formula is C29H24ClN5O4. The number of halogens is 1. The summed E-state index contributed by atoms with van der Waals surface area (Å²) in [4.78, 5) is 35.4. The number of ether oxygens (including phenoxy) is 1. The van der Waals surface area contributed by atoms with Gasteiger partial charge in [0.25, 0.3) is 11.8 Å². The molecule has 3 heterocycles. The Labute approximate surface area is 228 Å². The molecule has 0 fully saturated rings. The molecule has 5 N–H and O–H groups in total. The van der Waals surface area contributed by atoms with Crippen molar-refractivity contribution in [1.29, 1.82) is 0 Å². The van der Waals surface area contributed by atoms with Gasteiger partial charge in [-0.15, -0.1) is 11.6 Å². The van der Waals surface area contributed by atoms with Crippen LogP contribution in [0.5, 0.6) is 11.5 Å². The van der Waals surface area contributed by atoms with Gasteiger partial charge in [0.2, 0.25) is 0 Å². The summed E-state index contributed by atoms with van der Waals surface area (Å²) in [6.45, 7) is 0.352. The number of pyridine rings is 1. The van der Waals surface area contributed by atoms with Crippen molar-refractivity contribution in [3.05, 3.63) is 83.7 Å². The van der Waals surface area contributed by atoms with Gasteiger partial charge in [0.05, 0.1) is 24.5 Å². The molecule has 1 atom stereocenters. The van der Waals surface area contributed by atoms with E-state index in [1.165, 1.54) is 0 Å². The van der Waals surface area contributed by atoms with Crippen molar-refractivity contribution in [2.75, 3.05) is 35.5 Å². The predicted molar refractivity (Wildman–Crippen MR) is 152 cm³/mol. The zero-order valence-corrected chi connectivity index (χ0v) is 21.6. The van der Waals surface area contributed by atoms with Crippen LogP contribution in [0.25, 0.3) is 21.7 Å². The van der Waals surface area contributed by atoms with Crippen LogP contribution in [0.2, 0.25) is 0 Å². The summed E-state index contributed by atoms with van der Waals surface area (Å²) in [5, 5.41) is 15.7. The number of carbonyl (C=O) groups excluding carboxylic acids is 2. The number of nitrogens with zero attached hydrogens (tertiary/aromatic N) is 2. The monoisotopic (exact) mass is 541 g/mol. The van der Waals surface area contributed by atoms with Crippen LogP contribution in [-0.4, -0.2) is 46.4 Å². The summed E-state index contributed by atoms with van der Waals surface area (Å²) in [6.07, 6.45) is 1.56. The number of fused-ring (bicyclic) bond motifs is 4. The summed E-state index contributed by atoms with van der Waals surface area (Å²) in [7, 11) is 1.57. The molecule has 2 aromatic heterocycles. The second kappa shape index (κ2) is 9.52. The fourth-order valence-corrected chi connectivity index (χ4v) is 5.41. The lowest BCUT2D eigenvalue weighted by atomic mass is 9.94. The minimum Gasteiger partial charge on any atom is -0.507 e. The number of amides is 2. The van der Waals surface area contributed by atoms with Crippen LogP contribution in [0.3, 0.4) is 0 Å². The molecule has 6 rings (SSSR count). The molecule has 1 aliphatic heterocycles.